The lowest BCUT2D eigenvalue weighted by Gasteiger charge is -2.44. The Hall–Kier alpha value is -1.68. The van der Waals surface area contributed by atoms with Gasteiger partial charge in [0.2, 0.25) is 5.91 Å². The van der Waals surface area contributed by atoms with Gasteiger partial charge in [-0.25, -0.2) is 4.79 Å². The van der Waals surface area contributed by atoms with Crippen molar-refractivity contribution in [1.82, 2.24) is 9.80 Å². The average molecular weight is 376 g/mol. The number of hydrogen-bond donors (Lipinski definition) is 0. The fourth-order valence-electron chi connectivity index (χ4n) is 3.55. The van der Waals surface area contributed by atoms with E-state index in [-0.39, 0.29) is 19.0 Å². The molecule has 2 rings (SSSR count). The molecule has 0 aliphatic carbocycles. The zero-order valence-corrected chi connectivity index (χ0v) is 13.4. The third-order valence-corrected chi connectivity index (χ3v) is 4.74. The summed E-state index contributed by atoms with van der Waals surface area (Å²) in [5.41, 5.74) is -0.476. The molecule has 2 amide bonds. The summed E-state index contributed by atoms with van der Waals surface area (Å²) in [6.07, 6.45) is -15.2. The molecule has 11 heteroatoms. The van der Waals surface area contributed by atoms with Crippen molar-refractivity contribution in [2.24, 2.45) is 0 Å². The summed E-state index contributed by atoms with van der Waals surface area (Å²) in [7, 11) is 0. The summed E-state index contributed by atoms with van der Waals surface area (Å²) >= 11 is 0. The van der Waals surface area contributed by atoms with Gasteiger partial charge in [-0.2, -0.15) is 26.3 Å². The highest BCUT2D eigenvalue weighted by Crippen LogP contribution is 2.40. The Bertz CT molecular complexity index is 512. The predicted octanol–water partition coefficient (Wildman–Crippen LogP) is 3.09. The van der Waals surface area contributed by atoms with Gasteiger partial charge in [0.15, 0.2) is 0 Å². The molecule has 0 unspecified atom stereocenters. The molecule has 2 heterocycles. The Kier molecular flexibility index (Phi) is 5.16. The number of piperidine rings is 1. The minimum absolute atomic E-state index is 0.0644. The van der Waals surface area contributed by atoms with Crippen molar-refractivity contribution in [3.63, 3.8) is 0 Å². The van der Waals surface area contributed by atoms with Crippen LogP contribution in [0.2, 0.25) is 0 Å². The molecule has 0 bridgehead atoms. The Morgan fingerprint density at radius 1 is 0.960 bits per heavy atom. The van der Waals surface area contributed by atoms with Crippen LogP contribution >= 0.6 is 0 Å². The van der Waals surface area contributed by atoms with Gasteiger partial charge in [0.05, 0.1) is 0 Å². The maximum atomic E-state index is 12.5. The third-order valence-electron chi connectivity index (χ3n) is 4.74. The zero-order chi connectivity index (χ0) is 19.0. The van der Waals surface area contributed by atoms with Gasteiger partial charge in [0, 0.05) is 32.1 Å². The van der Waals surface area contributed by atoms with E-state index >= 15 is 0 Å². The summed E-state index contributed by atoms with van der Waals surface area (Å²) in [5, 5.41) is 0. The summed E-state index contributed by atoms with van der Waals surface area (Å²) in [4.78, 5) is 25.9. The number of hydrogen-bond acceptors (Lipinski definition) is 3. The van der Waals surface area contributed by atoms with E-state index in [9.17, 15) is 35.9 Å². The molecule has 25 heavy (non-hydrogen) atoms. The van der Waals surface area contributed by atoms with Crippen molar-refractivity contribution in [2.75, 3.05) is 19.6 Å². The topological polar surface area (TPSA) is 49.9 Å². The molecule has 2 aliphatic rings. The molecule has 0 aromatic rings. The van der Waals surface area contributed by atoms with Crippen molar-refractivity contribution in [2.45, 2.75) is 56.6 Å². The second-order valence-corrected chi connectivity index (χ2v) is 6.33. The first-order valence-electron chi connectivity index (χ1n) is 7.74. The lowest BCUT2D eigenvalue weighted by molar-refractivity contribution is -0.308. The van der Waals surface area contributed by atoms with Gasteiger partial charge in [-0.05, 0) is 25.7 Å². The van der Waals surface area contributed by atoms with E-state index in [1.165, 1.54) is 6.92 Å². The van der Waals surface area contributed by atoms with Crippen LogP contribution in [0.4, 0.5) is 31.1 Å². The highest BCUT2D eigenvalue weighted by molar-refractivity contribution is 5.75. The third kappa shape index (κ3) is 4.12. The van der Waals surface area contributed by atoms with E-state index in [4.69, 9.17) is 0 Å². The first kappa shape index (κ1) is 19.6. The first-order valence-corrected chi connectivity index (χ1v) is 7.74. The van der Waals surface area contributed by atoms with Crippen LogP contribution in [-0.2, 0) is 9.53 Å². The van der Waals surface area contributed by atoms with Crippen LogP contribution in [0.15, 0.2) is 0 Å². The van der Waals surface area contributed by atoms with Crippen molar-refractivity contribution in [3.05, 3.63) is 0 Å². The minimum atomic E-state index is -5.73. The number of halogens is 6. The SMILES string of the molecule is CC(=O)N1CCCC12CCN(C(=O)OC(C(F)(F)F)C(F)(F)F)CC2. The highest BCUT2D eigenvalue weighted by atomic mass is 19.4. The predicted molar refractivity (Wildman–Crippen MR) is 72.5 cm³/mol. The summed E-state index contributed by atoms with van der Waals surface area (Å²) < 4.78 is 78.5. The van der Waals surface area contributed by atoms with E-state index in [0.717, 1.165) is 11.3 Å². The zero-order valence-electron chi connectivity index (χ0n) is 13.4. The van der Waals surface area contributed by atoms with Crippen LogP contribution in [0.5, 0.6) is 0 Å². The number of nitrogens with zero attached hydrogens (tertiary/aromatic N) is 2. The maximum absolute atomic E-state index is 12.5. The molecule has 0 radical (unpaired) electrons. The Morgan fingerprint density at radius 3 is 1.92 bits per heavy atom. The maximum Gasteiger partial charge on any atom is 0.434 e. The molecule has 1 spiro atoms. The van der Waals surface area contributed by atoms with Crippen molar-refractivity contribution >= 4 is 12.0 Å². The Labute approximate surface area is 139 Å². The molecule has 2 fully saturated rings. The fourth-order valence-corrected chi connectivity index (χ4v) is 3.55. The van der Waals surface area contributed by atoms with Crippen molar-refractivity contribution < 1.29 is 40.7 Å². The van der Waals surface area contributed by atoms with Gasteiger partial charge >= 0.3 is 18.4 Å². The van der Waals surface area contributed by atoms with Crippen LogP contribution in [0.1, 0.15) is 32.6 Å². The van der Waals surface area contributed by atoms with Gasteiger partial charge < -0.3 is 14.5 Å². The van der Waals surface area contributed by atoms with Gasteiger partial charge in [0.1, 0.15) is 0 Å². The molecule has 144 valence electrons. The van der Waals surface area contributed by atoms with Crippen LogP contribution in [-0.4, -0.2) is 65.4 Å². The quantitative estimate of drug-likeness (QED) is 0.661. The number of rotatable bonds is 1. The number of carbonyl (C=O) groups is 2. The highest BCUT2D eigenvalue weighted by Gasteiger charge is 2.60. The first-order chi connectivity index (χ1) is 11.4. The van der Waals surface area contributed by atoms with Crippen LogP contribution < -0.4 is 0 Å². The Balaban J connectivity index is 2.00. The lowest BCUT2D eigenvalue weighted by atomic mass is 9.85. The number of amides is 2. The molecule has 0 aromatic carbocycles. The number of ether oxygens (including phenoxy) is 1. The number of alkyl halides is 6. The van der Waals surface area contributed by atoms with E-state index in [0.29, 0.717) is 25.8 Å². The van der Waals surface area contributed by atoms with E-state index in [2.05, 4.69) is 4.74 Å². The molecular weight excluding hydrogens is 358 g/mol. The van der Waals surface area contributed by atoms with Gasteiger partial charge in [-0.1, -0.05) is 0 Å². The normalized spacial score (nSPS) is 21.1. The lowest BCUT2D eigenvalue weighted by Crippen LogP contribution is -2.55. The van der Waals surface area contributed by atoms with E-state index < -0.39 is 30.1 Å². The molecule has 0 atom stereocenters. The summed E-state index contributed by atoms with van der Waals surface area (Å²) in [5.74, 6) is -0.136. The van der Waals surface area contributed by atoms with Gasteiger partial charge in [0.25, 0.3) is 6.10 Å². The number of carbonyl (C=O) groups excluding carboxylic acids is 2. The molecular formula is C14H18F6N2O3. The van der Waals surface area contributed by atoms with Gasteiger partial charge in [-0.15, -0.1) is 0 Å². The molecule has 5 nitrogen and oxygen atoms in total. The number of likely N-dealkylation sites (tertiary alicyclic amines) is 2. The van der Waals surface area contributed by atoms with Crippen molar-refractivity contribution in [3.8, 4) is 0 Å². The second kappa shape index (κ2) is 6.56. The monoisotopic (exact) mass is 376 g/mol. The minimum Gasteiger partial charge on any atom is -0.426 e. The molecule has 2 aliphatic heterocycles. The molecule has 2 saturated heterocycles. The average Bonchev–Trinajstić information content (AvgIpc) is 2.86. The van der Waals surface area contributed by atoms with Crippen molar-refractivity contribution in [1.29, 1.82) is 0 Å². The fraction of sp³-hybridized carbons (Fsp3) is 0.857. The smallest absolute Gasteiger partial charge is 0.426 e. The summed E-state index contributed by atoms with van der Waals surface area (Å²) in [6.45, 7) is 1.84. The van der Waals surface area contributed by atoms with Crippen LogP contribution in [0, 0.1) is 0 Å². The Morgan fingerprint density at radius 2 is 1.48 bits per heavy atom. The van der Waals surface area contributed by atoms with E-state index in [1.807, 2.05) is 0 Å². The van der Waals surface area contributed by atoms with Crippen LogP contribution in [0.3, 0.4) is 0 Å². The molecule has 0 aromatic heterocycles. The largest absolute Gasteiger partial charge is 0.434 e. The van der Waals surface area contributed by atoms with Crippen LogP contribution in [0.25, 0.3) is 0 Å². The van der Waals surface area contributed by atoms with E-state index in [1.54, 1.807) is 4.90 Å². The second-order valence-electron chi connectivity index (χ2n) is 6.33. The standard InChI is InChI=1S/C14H18F6N2O3/c1-9(23)22-6-2-3-12(22)4-7-21(8-5-12)11(24)25-10(13(15,16)17)14(18,19)20/h10H,2-8H2,1H3. The summed E-state index contributed by atoms with van der Waals surface area (Å²) in [6, 6.07) is 0. The molecule has 0 saturated carbocycles. The molecule has 0 N–H and O–H groups in total. The van der Waals surface area contributed by atoms with Gasteiger partial charge in [-0.3, -0.25) is 4.79 Å².